The topological polar surface area (TPSA) is 64.6 Å². The van der Waals surface area contributed by atoms with Gasteiger partial charge in [0.1, 0.15) is 12.4 Å². The molecule has 1 heterocycles. The van der Waals surface area contributed by atoms with Gasteiger partial charge in [0.05, 0.1) is 5.92 Å². The fourth-order valence-electron chi connectivity index (χ4n) is 2.79. The van der Waals surface area contributed by atoms with Crippen molar-refractivity contribution < 1.29 is 19.1 Å². The number of hydrogen-bond donors (Lipinski definition) is 1. The maximum absolute atomic E-state index is 12.2. The van der Waals surface area contributed by atoms with Gasteiger partial charge in [-0.25, -0.2) is 0 Å². The van der Waals surface area contributed by atoms with Crippen LogP contribution in [0, 0.1) is 19.8 Å². The lowest BCUT2D eigenvalue weighted by Crippen LogP contribution is -2.32. The van der Waals surface area contributed by atoms with Crippen molar-refractivity contribution in [3.05, 3.63) is 58.1 Å². The highest BCUT2D eigenvalue weighted by Crippen LogP contribution is 2.30. The summed E-state index contributed by atoms with van der Waals surface area (Å²) in [5.41, 5.74) is 3.77. The zero-order valence-corrected chi connectivity index (χ0v) is 15.4. The molecule has 0 saturated heterocycles. The van der Waals surface area contributed by atoms with Crippen LogP contribution in [0.25, 0.3) is 0 Å². The van der Waals surface area contributed by atoms with E-state index in [-0.39, 0.29) is 19.1 Å². The number of aryl methyl sites for hydroxylation is 2. The number of nitrogens with one attached hydrogen (secondary N) is 1. The van der Waals surface area contributed by atoms with E-state index in [1.165, 1.54) is 0 Å². The monoisotopic (exact) mass is 373 g/mol. The second-order valence-electron chi connectivity index (χ2n) is 6.42. The normalized spacial score (nSPS) is 15.6. The summed E-state index contributed by atoms with van der Waals surface area (Å²) >= 11 is 5.98. The third kappa shape index (κ3) is 4.35. The summed E-state index contributed by atoms with van der Waals surface area (Å²) in [6.45, 7) is 3.87. The van der Waals surface area contributed by atoms with E-state index in [0.717, 1.165) is 22.4 Å². The van der Waals surface area contributed by atoms with Crippen molar-refractivity contribution in [1.82, 2.24) is 0 Å². The summed E-state index contributed by atoms with van der Waals surface area (Å²) in [4.78, 5) is 24.2. The van der Waals surface area contributed by atoms with Crippen LogP contribution in [0.15, 0.2) is 36.4 Å². The van der Waals surface area contributed by atoms with Gasteiger partial charge in [0.2, 0.25) is 0 Å². The molecule has 5 nitrogen and oxygen atoms in total. The van der Waals surface area contributed by atoms with Crippen molar-refractivity contribution in [3.63, 3.8) is 0 Å². The SMILES string of the molecule is Cc1ccc(NC(=O)COC(=O)[C@H]2COc3ccc(Cl)cc3C2)cc1C. The molecule has 3 rings (SSSR count). The minimum atomic E-state index is -0.453. The number of anilines is 1. The quantitative estimate of drug-likeness (QED) is 0.830. The molecule has 136 valence electrons. The molecule has 2 aromatic carbocycles. The van der Waals surface area contributed by atoms with Crippen LogP contribution in [0.4, 0.5) is 5.69 Å². The number of carbonyl (C=O) groups is 2. The van der Waals surface area contributed by atoms with Gasteiger partial charge in [-0.3, -0.25) is 9.59 Å². The van der Waals surface area contributed by atoms with E-state index in [1.54, 1.807) is 18.2 Å². The van der Waals surface area contributed by atoms with Gasteiger partial charge in [0, 0.05) is 10.7 Å². The van der Waals surface area contributed by atoms with Crippen LogP contribution < -0.4 is 10.1 Å². The van der Waals surface area contributed by atoms with Gasteiger partial charge in [0.15, 0.2) is 6.61 Å². The molecule has 1 N–H and O–H groups in total. The Kier molecular flexibility index (Phi) is 5.47. The number of hydrogen-bond acceptors (Lipinski definition) is 4. The van der Waals surface area contributed by atoms with Gasteiger partial charge in [0.25, 0.3) is 5.91 Å². The van der Waals surface area contributed by atoms with Gasteiger partial charge in [-0.2, -0.15) is 0 Å². The Hall–Kier alpha value is -2.53. The Morgan fingerprint density at radius 2 is 2.00 bits per heavy atom. The number of esters is 1. The molecule has 1 aliphatic heterocycles. The Morgan fingerprint density at radius 3 is 2.77 bits per heavy atom. The van der Waals surface area contributed by atoms with Crippen molar-refractivity contribution in [2.45, 2.75) is 20.3 Å². The van der Waals surface area contributed by atoms with E-state index in [0.29, 0.717) is 17.1 Å². The third-order valence-electron chi connectivity index (χ3n) is 4.40. The molecule has 1 amide bonds. The van der Waals surface area contributed by atoms with Gasteiger partial charge < -0.3 is 14.8 Å². The zero-order chi connectivity index (χ0) is 18.7. The molecule has 26 heavy (non-hydrogen) atoms. The van der Waals surface area contributed by atoms with Crippen LogP contribution in [0.1, 0.15) is 16.7 Å². The minimum Gasteiger partial charge on any atom is -0.492 e. The lowest BCUT2D eigenvalue weighted by atomic mass is 9.97. The molecule has 0 aliphatic carbocycles. The van der Waals surface area contributed by atoms with Gasteiger partial charge in [-0.05, 0) is 67.3 Å². The van der Waals surface area contributed by atoms with E-state index in [2.05, 4.69) is 5.32 Å². The van der Waals surface area contributed by atoms with Gasteiger partial charge >= 0.3 is 5.97 Å². The Balaban J connectivity index is 1.52. The van der Waals surface area contributed by atoms with Crippen LogP contribution in [0.3, 0.4) is 0 Å². The van der Waals surface area contributed by atoms with E-state index in [4.69, 9.17) is 21.1 Å². The number of amides is 1. The molecule has 1 aliphatic rings. The smallest absolute Gasteiger partial charge is 0.313 e. The lowest BCUT2D eigenvalue weighted by Gasteiger charge is -2.24. The number of rotatable bonds is 4. The maximum Gasteiger partial charge on any atom is 0.313 e. The largest absolute Gasteiger partial charge is 0.492 e. The summed E-state index contributed by atoms with van der Waals surface area (Å²) in [7, 11) is 0. The summed E-state index contributed by atoms with van der Waals surface area (Å²) in [6.07, 6.45) is 0.480. The highest BCUT2D eigenvalue weighted by molar-refractivity contribution is 6.30. The Morgan fingerprint density at radius 1 is 1.19 bits per heavy atom. The van der Waals surface area contributed by atoms with Crippen molar-refractivity contribution in [1.29, 1.82) is 0 Å². The summed E-state index contributed by atoms with van der Waals surface area (Å²) in [6, 6.07) is 10.9. The summed E-state index contributed by atoms with van der Waals surface area (Å²) in [5, 5.41) is 3.32. The van der Waals surface area contributed by atoms with Crippen molar-refractivity contribution in [3.8, 4) is 5.75 Å². The average Bonchev–Trinajstić information content (AvgIpc) is 2.62. The zero-order valence-electron chi connectivity index (χ0n) is 14.7. The minimum absolute atomic E-state index is 0.228. The molecular formula is C20H20ClNO4. The highest BCUT2D eigenvalue weighted by atomic mass is 35.5. The predicted molar refractivity (Wildman–Crippen MR) is 99.6 cm³/mol. The molecule has 0 fully saturated rings. The fraction of sp³-hybridized carbons (Fsp3) is 0.300. The highest BCUT2D eigenvalue weighted by Gasteiger charge is 2.28. The molecule has 0 radical (unpaired) electrons. The van der Waals surface area contributed by atoms with E-state index in [1.807, 2.05) is 32.0 Å². The lowest BCUT2D eigenvalue weighted by molar-refractivity contribution is -0.152. The molecule has 6 heteroatoms. The number of carbonyl (C=O) groups excluding carboxylic acids is 2. The Bertz CT molecular complexity index is 850. The average molecular weight is 374 g/mol. The molecule has 0 saturated carbocycles. The van der Waals surface area contributed by atoms with E-state index < -0.39 is 11.9 Å². The third-order valence-corrected chi connectivity index (χ3v) is 4.63. The molecule has 0 bridgehead atoms. The molecule has 0 unspecified atom stereocenters. The van der Waals surface area contributed by atoms with Gasteiger partial charge in [-0.15, -0.1) is 0 Å². The molecule has 2 aromatic rings. The number of ether oxygens (including phenoxy) is 2. The van der Waals surface area contributed by atoms with Crippen molar-refractivity contribution in [2.24, 2.45) is 5.92 Å². The van der Waals surface area contributed by atoms with Crippen LogP contribution >= 0.6 is 11.6 Å². The van der Waals surface area contributed by atoms with Crippen molar-refractivity contribution >= 4 is 29.2 Å². The molecule has 0 aromatic heterocycles. The van der Waals surface area contributed by atoms with Crippen LogP contribution in [0.2, 0.25) is 5.02 Å². The number of benzene rings is 2. The molecule has 0 spiro atoms. The molecule has 1 atom stereocenters. The van der Waals surface area contributed by atoms with Gasteiger partial charge in [-0.1, -0.05) is 17.7 Å². The summed E-state index contributed by atoms with van der Waals surface area (Å²) in [5.74, 6) is -0.547. The first-order chi connectivity index (χ1) is 12.4. The van der Waals surface area contributed by atoms with E-state index >= 15 is 0 Å². The first-order valence-electron chi connectivity index (χ1n) is 8.37. The van der Waals surface area contributed by atoms with Crippen LogP contribution in [-0.4, -0.2) is 25.1 Å². The standard InChI is InChI=1S/C20H20ClNO4/c1-12-3-5-17(7-13(12)2)22-19(23)11-26-20(24)15-8-14-9-16(21)4-6-18(14)25-10-15/h3-7,9,15H,8,10-11H2,1-2H3,(H,22,23)/t15-/m1/s1. The molecular weight excluding hydrogens is 354 g/mol. The predicted octanol–water partition coefficient (Wildman–Crippen LogP) is 3.69. The summed E-state index contributed by atoms with van der Waals surface area (Å²) < 4.78 is 10.7. The van der Waals surface area contributed by atoms with Crippen LogP contribution in [-0.2, 0) is 20.7 Å². The van der Waals surface area contributed by atoms with Crippen molar-refractivity contribution in [2.75, 3.05) is 18.5 Å². The van der Waals surface area contributed by atoms with E-state index in [9.17, 15) is 9.59 Å². The Labute approximate surface area is 157 Å². The first-order valence-corrected chi connectivity index (χ1v) is 8.75. The first kappa shape index (κ1) is 18.3. The number of halogens is 1. The second kappa shape index (κ2) is 7.79. The second-order valence-corrected chi connectivity index (χ2v) is 6.86. The fourth-order valence-corrected chi connectivity index (χ4v) is 2.98. The van der Waals surface area contributed by atoms with Crippen LogP contribution in [0.5, 0.6) is 5.75 Å². The maximum atomic E-state index is 12.2. The number of fused-ring (bicyclic) bond motifs is 1.